The highest BCUT2D eigenvalue weighted by atomic mass is 32.2. The Morgan fingerprint density at radius 2 is 2.00 bits per heavy atom. The Bertz CT molecular complexity index is 1050. The second-order valence-corrected chi connectivity index (χ2v) is 6.29. The molecule has 4 rings (SSSR count). The van der Waals surface area contributed by atoms with E-state index in [9.17, 15) is 4.79 Å². The maximum absolute atomic E-state index is 12.3. The SMILES string of the molecule is COc1ccccc1-n1[nH]c(CSc2nc3ccccc3o2)cc1=O. The third kappa shape index (κ3) is 3.06. The van der Waals surface area contributed by atoms with Crippen LogP contribution in [0, 0.1) is 0 Å². The summed E-state index contributed by atoms with van der Waals surface area (Å²) in [5, 5.41) is 3.69. The predicted octanol–water partition coefficient (Wildman–Crippen LogP) is 3.61. The summed E-state index contributed by atoms with van der Waals surface area (Å²) in [6.07, 6.45) is 0. The number of methoxy groups -OCH3 is 1. The zero-order valence-electron chi connectivity index (χ0n) is 13.4. The van der Waals surface area contributed by atoms with Gasteiger partial charge < -0.3 is 9.15 Å². The molecule has 0 bridgehead atoms. The Labute approximate surface area is 147 Å². The van der Waals surface area contributed by atoms with Crippen LogP contribution in [0.15, 0.2) is 69.0 Å². The number of aromatic amines is 1. The third-order valence-electron chi connectivity index (χ3n) is 3.72. The minimum atomic E-state index is -0.141. The van der Waals surface area contributed by atoms with Crippen molar-refractivity contribution in [2.24, 2.45) is 0 Å². The lowest BCUT2D eigenvalue weighted by Crippen LogP contribution is -2.14. The number of nitrogens with zero attached hydrogens (tertiary/aromatic N) is 2. The largest absolute Gasteiger partial charge is 0.494 e. The standard InChI is InChI=1S/C18H15N3O3S/c1-23-16-9-5-3-7-14(16)21-17(22)10-12(20-21)11-25-18-19-13-6-2-4-8-15(13)24-18/h2-10,20H,11H2,1H3. The average Bonchev–Trinajstić information content (AvgIpc) is 3.22. The van der Waals surface area contributed by atoms with Gasteiger partial charge in [-0.05, 0) is 24.3 Å². The molecule has 0 amide bonds. The highest BCUT2D eigenvalue weighted by Crippen LogP contribution is 2.26. The molecular formula is C18H15N3O3S. The van der Waals surface area contributed by atoms with Crippen LogP contribution in [0.4, 0.5) is 0 Å². The van der Waals surface area contributed by atoms with Crippen LogP contribution in [0.1, 0.15) is 5.69 Å². The number of hydrogen-bond acceptors (Lipinski definition) is 5. The molecule has 0 aliphatic heterocycles. The number of oxazole rings is 1. The molecule has 0 unspecified atom stereocenters. The minimum absolute atomic E-state index is 0.141. The highest BCUT2D eigenvalue weighted by molar-refractivity contribution is 7.98. The first kappa shape index (κ1) is 15.6. The molecule has 0 atom stereocenters. The van der Waals surface area contributed by atoms with Gasteiger partial charge in [-0.25, -0.2) is 9.67 Å². The number of rotatable bonds is 5. The fraction of sp³-hybridized carbons (Fsp3) is 0.111. The van der Waals surface area contributed by atoms with Gasteiger partial charge in [0.25, 0.3) is 10.8 Å². The summed E-state index contributed by atoms with van der Waals surface area (Å²) in [5.41, 5.74) is 2.89. The van der Waals surface area contributed by atoms with Crippen molar-refractivity contribution in [2.45, 2.75) is 11.0 Å². The first-order chi connectivity index (χ1) is 12.2. The second-order valence-electron chi connectivity index (χ2n) is 5.36. The van der Waals surface area contributed by atoms with Crippen molar-refractivity contribution in [3.63, 3.8) is 0 Å². The highest BCUT2D eigenvalue weighted by Gasteiger charge is 2.11. The van der Waals surface area contributed by atoms with E-state index in [1.807, 2.05) is 48.5 Å². The molecule has 2 aromatic heterocycles. The van der Waals surface area contributed by atoms with Gasteiger partial charge in [0, 0.05) is 17.5 Å². The van der Waals surface area contributed by atoms with Crippen molar-refractivity contribution in [3.8, 4) is 11.4 Å². The second kappa shape index (κ2) is 6.52. The summed E-state index contributed by atoms with van der Waals surface area (Å²) in [7, 11) is 1.58. The molecule has 0 aliphatic rings. The molecule has 0 radical (unpaired) electrons. The lowest BCUT2D eigenvalue weighted by Gasteiger charge is -2.07. The Hall–Kier alpha value is -2.93. The number of nitrogens with one attached hydrogen (secondary N) is 1. The van der Waals surface area contributed by atoms with Crippen LogP contribution in [0.5, 0.6) is 5.75 Å². The van der Waals surface area contributed by atoms with Gasteiger partial charge in [0.2, 0.25) is 0 Å². The quantitative estimate of drug-likeness (QED) is 0.555. The summed E-state index contributed by atoms with van der Waals surface area (Å²) in [5.74, 6) is 1.18. The Morgan fingerprint density at radius 1 is 1.20 bits per heavy atom. The first-order valence-electron chi connectivity index (χ1n) is 7.67. The number of thioether (sulfide) groups is 1. The number of H-pyrrole nitrogens is 1. The van der Waals surface area contributed by atoms with Gasteiger partial charge in [0.15, 0.2) is 5.58 Å². The predicted molar refractivity (Wildman–Crippen MR) is 96.5 cm³/mol. The average molecular weight is 353 g/mol. The van der Waals surface area contributed by atoms with E-state index in [1.54, 1.807) is 13.2 Å². The monoisotopic (exact) mass is 353 g/mol. The van der Waals surface area contributed by atoms with Crippen LogP contribution in [0.3, 0.4) is 0 Å². The van der Waals surface area contributed by atoms with Crippen LogP contribution in [-0.2, 0) is 5.75 Å². The van der Waals surface area contributed by atoms with Crippen LogP contribution >= 0.6 is 11.8 Å². The number of benzene rings is 2. The molecule has 2 heterocycles. The third-order valence-corrected chi connectivity index (χ3v) is 4.60. The van der Waals surface area contributed by atoms with E-state index in [0.29, 0.717) is 22.4 Å². The van der Waals surface area contributed by atoms with Crippen molar-refractivity contribution in [3.05, 3.63) is 70.6 Å². The van der Waals surface area contributed by atoms with Crippen LogP contribution < -0.4 is 10.3 Å². The first-order valence-corrected chi connectivity index (χ1v) is 8.66. The lowest BCUT2D eigenvalue weighted by molar-refractivity contribution is 0.411. The van der Waals surface area contributed by atoms with Crippen molar-refractivity contribution in [1.82, 2.24) is 14.8 Å². The van der Waals surface area contributed by atoms with Crippen LogP contribution in [0.2, 0.25) is 0 Å². The van der Waals surface area contributed by atoms with Crippen molar-refractivity contribution in [1.29, 1.82) is 0 Å². The molecule has 0 spiro atoms. The van der Waals surface area contributed by atoms with Crippen molar-refractivity contribution < 1.29 is 9.15 Å². The maximum Gasteiger partial charge on any atom is 0.271 e. The molecular weight excluding hydrogens is 338 g/mol. The molecule has 0 saturated carbocycles. The Kier molecular flexibility index (Phi) is 4.07. The lowest BCUT2D eigenvalue weighted by atomic mass is 10.3. The van der Waals surface area contributed by atoms with Gasteiger partial charge in [-0.1, -0.05) is 36.0 Å². The smallest absolute Gasteiger partial charge is 0.271 e. The van der Waals surface area contributed by atoms with E-state index < -0.39 is 0 Å². The minimum Gasteiger partial charge on any atom is -0.494 e. The van der Waals surface area contributed by atoms with Gasteiger partial charge in [-0.15, -0.1) is 0 Å². The Morgan fingerprint density at radius 3 is 2.84 bits per heavy atom. The molecule has 0 fully saturated rings. The van der Waals surface area contributed by atoms with E-state index in [1.165, 1.54) is 16.4 Å². The van der Waals surface area contributed by atoms with Gasteiger partial charge in [0.05, 0.1) is 7.11 Å². The zero-order valence-corrected chi connectivity index (χ0v) is 14.2. The van der Waals surface area contributed by atoms with E-state index in [-0.39, 0.29) is 5.56 Å². The number of fused-ring (bicyclic) bond motifs is 1. The van der Waals surface area contributed by atoms with Gasteiger partial charge in [-0.3, -0.25) is 9.89 Å². The fourth-order valence-electron chi connectivity index (χ4n) is 2.56. The number of aromatic nitrogens is 3. The topological polar surface area (TPSA) is 73.1 Å². The molecule has 126 valence electrons. The van der Waals surface area contributed by atoms with Crippen LogP contribution in [0.25, 0.3) is 16.8 Å². The van der Waals surface area contributed by atoms with Crippen LogP contribution in [-0.4, -0.2) is 21.9 Å². The van der Waals surface area contributed by atoms with Crippen molar-refractivity contribution >= 4 is 22.9 Å². The van der Waals surface area contributed by atoms with Gasteiger partial charge in [-0.2, -0.15) is 0 Å². The van der Waals surface area contributed by atoms with E-state index in [2.05, 4.69) is 10.1 Å². The number of para-hydroxylation sites is 4. The van der Waals surface area contributed by atoms with Gasteiger partial charge in [0.1, 0.15) is 17.0 Å². The van der Waals surface area contributed by atoms with E-state index in [0.717, 1.165) is 16.8 Å². The summed E-state index contributed by atoms with van der Waals surface area (Å²) < 4.78 is 12.5. The molecule has 25 heavy (non-hydrogen) atoms. The zero-order chi connectivity index (χ0) is 17.2. The summed E-state index contributed by atoms with van der Waals surface area (Å²) in [6.45, 7) is 0. The molecule has 1 N–H and O–H groups in total. The molecule has 0 saturated heterocycles. The van der Waals surface area contributed by atoms with E-state index in [4.69, 9.17) is 9.15 Å². The summed E-state index contributed by atoms with van der Waals surface area (Å²) in [6, 6.07) is 16.6. The number of hydrogen-bond donors (Lipinski definition) is 1. The summed E-state index contributed by atoms with van der Waals surface area (Å²) >= 11 is 1.43. The van der Waals surface area contributed by atoms with Gasteiger partial charge >= 0.3 is 0 Å². The molecule has 7 heteroatoms. The fourth-order valence-corrected chi connectivity index (χ4v) is 3.30. The molecule has 6 nitrogen and oxygen atoms in total. The molecule has 4 aromatic rings. The molecule has 0 aliphatic carbocycles. The normalized spacial score (nSPS) is 11.1. The Balaban J connectivity index is 1.57. The molecule has 2 aromatic carbocycles. The summed E-state index contributed by atoms with van der Waals surface area (Å²) in [4.78, 5) is 16.7. The van der Waals surface area contributed by atoms with E-state index >= 15 is 0 Å². The number of ether oxygens (including phenoxy) is 1. The maximum atomic E-state index is 12.3. The van der Waals surface area contributed by atoms with Crippen molar-refractivity contribution in [2.75, 3.05) is 7.11 Å².